The zero-order valence-electron chi connectivity index (χ0n) is 15.1. The van der Waals surface area contributed by atoms with E-state index in [0.29, 0.717) is 27.3 Å². The molecule has 0 spiro atoms. The van der Waals surface area contributed by atoms with Crippen LogP contribution in [0.2, 0.25) is 10.0 Å². The van der Waals surface area contributed by atoms with Gasteiger partial charge in [0.2, 0.25) is 15.7 Å². The average molecular weight is 438 g/mol. The molecule has 0 aliphatic carbocycles. The summed E-state index contributed by atoms with van der Waals surface area (Å²) in [6.07, 6.45) is 0. The van der Waals surface area contributed by atoms with Crippen molar-refractivity contribution in [1.82, 2.24) is 9.97 Å². The summed E-state index contributed by atoms with van der Waals surface area (Å²) in [5.74, 6) is -1.15. The number of carbonyl (C=O) groups excluding carboxylic acids is 1. The summed E-state index contributed by atoms with van der Waals surface area (Å²) in [4.78, 5) is 20.2. The van der Waals surface area contributed by atoms with Gasteiger partial charge >= 0.3 is 0 Å². The molecule has 3 rings (SSSR count). The first-order valence-electron chi connectivity index (χ1n) is 8.36. The maximum atomic E-state index is 13.1. The standard InChI is InChI=1S/C19H17Cl2N3O3S/c1-10(2)17-19(24-16-8-14(21)13(20)7-15(16)23-17)28(26,27)9-11-4-3-5-12(6-11)18(22)25/h3-8,10H,9H2,1-2H3,(H2,22,25). The molecular weight excluding hydrogens is 421 g/mol. The average Bonchev–Trinajstić information content (AvgIpc) is 2.61. The number of sulfone groups is 1. The first-order valence-corrected chi connectivity index (χ1v) is 10.8. The van der Waals surface area contributed by atoms with Crippen LogP contribution in [-0.2, 0) is 15.6 Å². The molecule has 2 N–H and O–H groups in total. The predicted molar refractivity (Wildman–Crippen MR) is 109 cm³/mol. The lowest BCUT2D eigenvalue weighted by Gasteiger charge is -2.13. The SMILES string of the molecule is CC(C)c1nc2cc(Cl)c(Cl)cc2nc1S(=O)(=O)Cc1cccc(C(N)=O)c1. The number of fused-ring (bicyclic) bond motifs is 1. The lowest BCUT2D eigenvalue weighted by Crippen LogP contribution is -2.15. The van der Waals surface area contributed by atoms with Crippen LogP contribution in [0.4, 0.5) is 0 Å². The largest absolute Gasteiger partial charge is 0.366 e. The number of hydrogen-bond donors (Lipinski definition) is 1. The minimum absolute atomic E-state index is 0.113. The molecule has 9 heteroatoms. The Morgan fingerprint density at radius 1 is 1.07 bits per heavy atom. The molecule has 1 heterocycles. The van der Waals surface area contributed by atoms with E-state index < -0.39 is 15.7 Å². The van der Waals surface area contributed by atoms with Gasteiger partial charge in [-0.15, -0.1) is 0 Å². The number of primary amides is 1. The Bertz CT molecular complexity index is 1190. The van der Waals surface area contributed by atoms with Gasteiger partial charge in [0.15, 0.2) is 5.03 Å². The van der Waals surface area contributed by atoms with Crippen LogP contribution in [0.25, 0.3) is 11.0 Å². The molecule has 0 fully saturated rings. The molecule has 0 atom stereocenters. The Hall–Kier alpha value is -2.22. The molecule has 0 unspecified atom stereocenters. The highest BCUT2D eigenvalue weighted by molar-refractivity contribution is 7.90. The van der Waals surface area contributed by atoms with Gasteiger partial charge in [0.05, 0.1) is 32.5 Å². The van der Waals surface area contributed by atoms with Crippen molar-refractivity contribution in [3.8, 4) is 0 Å². The monoisotopic (exact) mass is 437 g/mol. The zero-order chi connectivity index (χ0) is 20.6. The maximum Gasteiger partial charge on any atom is 0.248 e. The number of rotatable bonds is 5. The van der Waals surface area contributed by atoms with Crippen LogP contribution in [0.3, 0.4) is 0 Å². The van der Waals surface area contributed by atoms with Gasteiger partial charge < -0.3 is 5.73 Å². The molecule has 1 aromatic heterocycles. The van der Waals surface area contributed by atoms with Crippen molar-refractivity contribution in [2.24, 2.45) is 5.73 Å². The molecule has 3 aromatic rings. The van der Waals surface area contributed by atoms with Crippen LogP contribution in [0.1, 0.15) is 41.4 Å². The van der Waals surface area contributed by atoms with Gasteiger partial charge in [-0.05, 0) is 35.7 Å². The third-order valence-electron chi connectivity index (χ3n) is 4.11. The van der Waals surface area contributed by atoms with Crippen molar-refractivity contribution in [3.63, 3.8) is 0 Å². The van der Waals surface area contributed by atoms with Gasteiger partial charge in [-0.3, -0.25) is 4.79 Å². The van der Waals surface area contributed by atoms with Crippen molar-refractivity contribution >= 4 is 50.0 Å². The molecule has 0 aliphatic heterocycles. The third kappa shape index (κ3) is 4.11. The van der Waals surface area contributed by atoms with Crippen molar-refractivity contribution in [3.05, 3.63) is 63.3 Å². The van der Waals surface area contributed by atoms with Crippen LogP contribution in [-0.4, -0.2) is 24.3 Å². The van der Waals surface area contributed by atoms with Crippen molar-refractivity contribution in [1.29, 1.82) is 0 Å². The maximum absolute atomic E-state index is 13.1. The summed E-state index contributed by atoms with van der Waals surface area (Å²) in [6, 6.07) is 9.24. The fourth-order valence-electron chi connectivity index (χ4n) is 2.76. The van der Waals surface area contributed by atoms with E-state index in [1.54, 1.807) is 18.2 Å². The highest BCUT2D eigenvalue weighted by Crippen LogP contribution is 2.30. The summed E-state index contributed by atoms with van der Waals surface area (Å²) in [7, 11) is -3.85. The number of hydrogen-bond acceptors (Lipinski definition) is 5. The lowest BCUT2D eigenvalue weighted by atomic mass is 10.1. The van der Waals surface area contributed by atoms with Crippen molar-refractivity contribution in [2.45, 2.75) is 30.5 Å². The predicted octanol–water partition coefficient (Wildman–Crippen LogP) is 4.13. The second-order valence-corrected chi connectivity index (χ2v) is 9.37. The van der Waals surface area contributed by atoms with Crippen LogP contribution < -0.4 is 5.73 Å². The number of aromatic nitrogens is 2. The van der Waals surface area contributed by atoms with Crippen LogP contribution in [0.5, 0.6) is 0 Å². The fraction of sp³-hybridized carbons (Fsp3) is 0.211. The topological polar surface area (TPSA) is 103 Å². The Morgan fingerprint density at radius 2 is 1.68 bits per heavy atom. The van der Waals surface area contributed by atoms with Gasteiger partial charge in [0, 0.05) is 5.56 Å². The van der Waals surface area contributed by atoms with Crippen molar-refractivity contribution < 1.29 is 13.2 Å². The molecular formula is C19H17Cl2N3O3S. The van der Waals surface area contributed by atoms with E-state index >= 15 is 0 Å². The number of halogens is 2. The first kappa shape index (κ1) is 20.5. The Labute approximate surface area is 172 Å². The van der Waals surface area contributed by atoms with Crippen molar-refractivity contribution in [2.75, 3.05) is 0 Å². The summed E-state index contributed by atoms with van der Waals surface area (Å²) < 4.78 is 26.3. The van der Waals surface area contributed by atoms with E-state index in [9.17, 15) is 13.2 Å². The lowest BCUT2D eigenvalue weighted by molar-refractivity contribution is 0.1000. The summed E-state index contributed by atoms with van der Waals surface area (Å²) in [6.45, 7) is 3.67. The summed E-state index contributed by atoms with van der Waals surface area (Å²) >= 11 is 12.1. The van der Waals surface area contributed by atoms with Gasteiger partial charge in [-0.2, -0.15) is 0 Å². The smallest absolute Gasteiger partial charge is 0.248 e. The second kappa shape index (κ2) is 7.66. The van der Waals surface area contributed by atoms with Crippen LogP contribution in [0, 0.1) is 0 Å². The van der Waals surface area contributed by atoms with E-state index in [1.165, 1.54) is 18.2 Å². The zero-order valence-corrected chi connectivity index (χ0v) is 17.4. The molecule has 0 saturated carbocycles. The van der Waals surface area contributed by atoms with Gasteiger partial charge in [0.1, 0.15) is 0 Å². The molecule has 2 aromatic carbocycles. The van der Waals surface area contributed by atoms with Crippen LogP contribution >= 0.6 is 23.2 Å². The number of nitrogens with two attached hydrogens (primary N) is 1. The van der Waals surface area contributed by atoms with Gasteiger partial charge in [-0.25, -0.2) is 18.4 Å². The molecule has 28 heavy (non-hydrogen) atoms. The fourth-order valence-corrected chi connectivity index (χ4v) is 4.66. The molecule has 0 aliphatic rings. The highest BCUT2D eigenvalue weighted by atomic mass is 35.5. The van der Waals surface area contributed by atoms with Gasteiger partial charge in [0.25, 0.3) is 0 Å². The van der Waals surface area contributed by atoms with E-state index in [2.05, 4.69) is 9.97 Å². The number of carbonyl (C=O) groups is 1. The third-order valence-corrected chi connectivity index (χ3v) is 6.43. The summed E-state index contributed by atoms with van der Waals surface area (Å²) in [5, 5.41) is 0.466. The molecule has 0 bridgehead atoms. The summed E-state index contributed by atoms with van der Waals surface area (Å²) in [5.41, 5.74) is 7.09. The molecule has 0 saturated heterocycles. The molecule has 0 radical (unpaired) electrons. The minimum Gasteiger partial charge on any atom is -0.366 e. The highest BCUT2D eigenvalue weighted by Gasteiger charge is 2.25. The van der Waals surface area contributed by atoms with E-state index in [-0.39, 0.29) is 27.3 Å². The Kier molecular flexibility index (Phi) is 5.61. The van der Waals surface area contributed by atoms with Crippen LogP contribution in [0.15, 0.2) is 41.4 Å². The molecule has 1 amide bonds. The number of benzene rings is 2. The first-order chi connectivity index (χ1) is 13.1. The van der Waals surface area contributed by atoms with E-state index in [0.717, 1.165) is 0 Å². The number of nitrogens with zero attached hydrogens (tertiary/aromatic N) is 2. The van der Waals surface area contributed by atoms with E-state index in [1.807, 2.05) is 13.8 Å². The molecule has 146 valence electrons. The van der Waals surface area contributed by atoms with E-state index in [4.69, 9.17) is 28.9 Å². The molecule has 6 nitrogen and oxygen atoms in total. The Balaban J connectivity index is 2.14. The second-order valence-electron chi connectivity index (χ2n) is 6.65. The quantitative estimate of drug-likeness (QED) is 0.645. The number of amides is 1. The van der Waals surface area contributed by atoms with Gasteiger partial charge in [-0.1, -0.05) is 49.2 Å². The minimum atomic E-state index is -3.85. The normalized spacial score (nSPS) is 11.9. The Morgan fingerprint density at radius 3 is 2.25 bits per heavy atom.